The monoisotopic (exact) mass is 302 g/mol. The molecule has 1 heterocycles. The molecule has 1 aromatic heterocycles. The molecule has 1 aromatic carbocycles. The predicted octanol–water partition coefficient (Wildman–Crippen LogP) is 2.33. The van der Waals surface area contributed by atoms with E-state index in [4.69, 9.17) is 16.8 Å². The number of oxime groups is 1. The molecule has 0 spiro atoms. The molecule has 0 saturated heterocycles. The predicted molar refractivity (Wildman–Crippen MR) is 80.0 cm³/mol. The Hall–Kier alpha value is -2.73. The van der Waals surface area contributed by atoms with Gasteiger partial charge in [0.25, 0.3) is 5.91 Å². The molecule has 0 aliphatic rings. The molecule has 0 saturated carbocycles. The van der Waals surface area contributed by atoms with Gasteiger partial charge in [-0.2, -0.15) is 5.10 Å². The number of hydrazone groups is 1. The zero-order valence-electron chi connectivity index (χ0n) is 10.8. The van der Waals surface area contributed by atoms with E-state index in [9.17, 15) is 4.79 Å². The van der Waals surface area contributed by atoms with Crippen molar-refractivity contribution in [2.45, 2.75) is 0 Å². The minimum absolute atomic E-state index is 0.287. The van der Waals surface area contributed by atoms with Gasteiger partial charge < -0.3 is 5.21 Å². The number of rotatable bonds is 4. The van der Waals surface area contributed by atoms with Gasteiger partial charge >= 0.3 is 0 Å². The summed E-state index contributed by atoms with van der Waals surface area (Å²) in [5.74, 6) is -0.421. The lowest BCUT2D eigenvalue weighted by molar-refractivity contribution is 0.0955. The summed E-state index contributed by atoms with van der Waals surface area (Å²) in [6, 6.07) is 9.82. The number of carbonyl (C=O) groups excluding carboxylic acids is 1. The molecule has 0 aliphatic carbocycles. The van der Waals surface area contributed by atoms with Crippen LogP contribution in [-0.2, 0) is 0 Å². The average molecular weight is 303 g/mol. The summed E-state index contributed by atoms with van der Waals surface area (Å²) in [7, 11) is 0. The maximum Gasteiger partial charge on any atom is 0.271 e. The van der Waals surface area contributed by atoms with Crippen LogP contribution in [-0.4, -0.2) is 28.0 Å². The fourth-order valence-electron chi connectivity index (χ4n) is 1.55. The van der Waals surface area contributed by atoms with Crippen molar-refractivity contribution in [1.29, 1.82) is 0 Å². The lowest BCUT2D eigenvalue weighted by Gasteiger charge is -2.03. The van der Waals surface area contributed by atoms with Gasteiger partial charge in [0.15, 0.2) is 0 Å². The number of amides is 1. The summed E-state index contributed by atoms with van der Waals surface area (Å²) in [5.41, 5.74) is 3.69. The minimum Gasteiger partial charge on any atom is -0.411 e. The molecule has 0 aliphatic heterocycles. The lowest BCUT2D eigenvalue weighted by Crippen LogP contribution is -2.20. The number of halogens is 1. The van der Waals surface area contributed by atoms with E-state index in [0.717, 1.165) is 6.21 Å². The van der Waals surface area contributed by atoms with Crippen LogP contribution in [0.25, 0.3) is 0 Å². The van der Waals surface area contributed by atoms with Crippen molar-refractivity contribution in [3.05, 3.63) is 64.9 Å². The summed E-state index contributed by atoms with van der Waals surface area (Å²) in [5, 5.41) is 16.0. The highest BCUT2D eigenvalue weighted by Crippen LogP contribution is 2.10. The van der Waals surface area contributed by atoms with Crippen LogP contribution in [0.1, 0.15) is 15.9 Å². The minimum atomic E-state index is -0.421. The van der Waals surface area contributed by atoms with E-state index < -0.39 is 5.91 Å². The van der Waals surface area contributed by atoms with E-state index in [-0.39, 0.29) is 5.71 Å². The smallest absolute Gasteiger partial charge is 0.271 e. The first kappa shape index (κ1) is 14.7. The van der Waals surface area contributed by atoms with Gasteiger partial charge in [-0.05, 0) is 30.3 Å². The van der Waals surface area contributed by atoms with Gasteiger partial charge in [0.05, 0.1) is 6.21 Å². The Bertz CT molecular complexity index is 686. The Balaban J connectivity index is 2.19. The number of nitrogens with zero attached hydrogens (tertiary/aromatic N) is 3. The van der Waals surface area contributed by atoms with Gasteiger partial charge in [-0.15, -0.1) is 0 Å². The largest absolute Gasteiger partial charge is 0.411 e. The summed E-state index contributed by atoms with van der Waals surface area (Å²) < 4.78 is 0. The van der Waals surface area contributed by atoms with Crippen LogP contribution in [0.15, 0.2) is 59.0 Å². The maximum absolute atomic E-state index is 11.9. The molecule has 2 N–H and O–H groups in total. The van der Waals surface area contributed by atoms with Crippen molar-refractivity contribution in [2.24, 2.45) is 10.3 Å². The van der Waals surface area contributed by atoms with Gasteiger partial charge in [0.1, 0.15) is 5.71 Å². The van der Waals surface area contributed by atoms with Crippen molar-refractivity contribution in [1.82, 2.24) is 10.4 Å². The lowest BCUT2D eigenvalue weighted by atomic mass is 10.2. The second-order valence-electron chi connectivity index (χ2n) is 3.93. The molecule has 0 atom stereocenters. The second kappa shape index (κ2) is 7.16. The number of benzene rings is 1. The van der Waals surface area contributed by atoms with Crippen molar-refractivity contribution in [2.75, 3.05) is 0 Å². The first-order chi connectivity index (χ1) is 10.2. The quantitative estimate of drug-likeness (QED) is 0.516. The first-order valence-electron chi connectivity index (χ1n) is 5.92. The Morgan fingerprint density at radius 1 is 1.24 bits per heavy atom. The van der Waals surface area contributed by atoms with Crippen LogP contribution in [0.2, 0.25) is 5.02 Å². The third kappa shape index (κ3) is 4.12. The first-order valence-corrected chi connectivity index (χ1v) is 6.30. The summed E-state index contributed by atoms with van der Waals surface area (Å²) in [4.78, 5) is 15.8. The van der Waals surface area contributed by atoms with E-state index in [1.54, 1.807) is 42.7 Å². The third-order valence-electron chi connectivity index (χ3n) is 2.52. The standard InChI is InChI=1S/C14H11ClN4O2/c15-12-3-1-2-11(8-12)14(20)19-18-13(9-17-21)10-4-6-16-7-5-10/h1-9,21H,(H,19,20). The molecule has 0 unspecified atom stereocenters. The fourth-order valence-corrected chi connectivity index (χ4v) is 1.74. The molecular weight excluding hydrogens is 292 g/mol. The number of nitrogens with one attached hydrogen (secondary N) is 1. The average Bonchev–Trinajstić information content (AvgIpc) is 2.52. The Kier molecular flexibility index (Phi) is 5.00. The number of pyridine rings is 1. The Morgan fingerprint density at radius 2 is 2.00 bits per heavy atom. The second-order valence-corrected chi connectivity index (χ2v) is 4.37. The molecule has 0 radical (unpaired) electrons. The molecule has 7 heteroatoms. The fraction of sp³-hybridized carbons (Fsp3) is 0. The van der Waals surface area contributed by atoms with Crippen molar-refractivity contribution < 1.29 is 10.0 Å². The van der Waals surface area contributed by atoms with Crippen LogP contribution < -0.4 is 5.43 Å². The van der Waals surface area contributed by atoms with Crippen molar-refractivity contribution >= 4 is 29.4 Å². The van der Waals surface area contributed by atoms with E-state index in [1.165, 1.54) is 6.07 Å². The van der Waals surface area contributed by atoms with E-state index in [2.05, 4.69) is 20.7 Å². The number of hydrogen-bond donors (Lipinski definition) is 2. The van der Waals surface area contributed by atoms with Crippen molar-refractivity contribution in [3.63, 3.8) is 0 Å². The highest BCUT2D eigenvalue weighted by molar-refractivity contribution is 6.38. The topological polar surface area (TPSA) is 86.9 Å². The molecule has 0 bridgehead atoms. The van der Waals surface area contributed by atoms with Crippen LogP contribution in [0.3, 0.4) is 0 Å². The van der Waals surface area contributed by atoms with Gasteiger partial charge in [-0.3, -0.25) is 9.78 Å². The summed E-state index contributed by atoms with van der Waals surface area (Å²) in [6.07, 6.45) is 4.25. The molecule has 1 amide bonds. The highest BCUT2D eigenvalue weighted by Gasteiger charge is 2.06. The van der Waals surface area contributed by atoms with Crippen LogP contribution in [0.5, 0.6) is 0 Å². The van der Waals surface area contributed by atoms with Gasteiger partial charge in [0, 0.05) is 28.5 Å². The van der Waals surface area contributed by atoms with Gasteiger partial charge in [0.2, 0.25) is 0 Å². The molecule has 2 rings (SSSR count). The van der Waals surface area contributed by atoms with E-state index >= 15 is 0 Å². The molecule has 106 valence electrons. The highest BCUT2D eigenvalue weighted by atomic mass is 35.5. The van der Waals surface area contributed by atoms with Crippen LogP contribution in [0.4, 0.5) is 0 Å². The van der Waals surface area contributed by atoms with E-state index in [0.29, 0.717) is 16.1 Å². The van der Waals surface area contributed by atoms with Crippen LogP contribution in [0, 0.1) is 0 Å². The molecule has 6 nitrogen and oxygen atoms in total. The Morgan fingerprint density at radius 3 is 2.67 bits per heavy atom. The zero-order valence-corrected chi connectivity index (χ0v) is 11.5. The number of aromatic nitrogens is 1. The van der Waals surface area contributed by atoms with Gasteiger partial charge in [-0.1, -0.05) is 22.8 Å². The third-order valence-corrected chi connectivity index (χ3v) is 2.76. The molecule has 21 heavy (non-hydrogen) atoms. The maximum atomic E-state index is 11.9. The van der Waals surface area contributed by atoms with Gasteiger partial charge in [-0.25, -0.2) is 5.43 Å². The zero-order chi connectivity index (χ0) is 15.1. The molecular formula is C14H11ClN4O2. The SMILES string of the molecule is O=C(NN=C(C=NO)c1ccncc1)c1cccc(Cl)c1. The Labute approximate surface area is 125 Å². The molecule has 0 fully saturated rings. The van der Waals surface area contributed by atoms with E-state index in [1.807, 2.05) is 0 Å². The number of carbonyl (C=O) groups is 1. The molecule has 2 aromatic rings. The summed E-state index contributed by atoms with van der Waals surface area (Å²) >= 11 is 5.82. The number of hydrogen-bond acceptors (Lipinski definition) is 5. The van der Waals surface area contributed by atoms with Crippen LogP contribution >= 0.6 is 11.6 Å². The van der Waals surface area contributed by atoms with Crippen molar-refractivity contribution in [3.8, 4) is 0 Å². The summed E-state index contributed by atoms with van der Waals surface area (Å²) in [6.45, 7) is 0. The normalized spacial score (nSPS) is 11.6.